The molecular formula is C32H35FN4O4. The Morgan fingerprint density at radius 2 is 1.76 bits per heavy atom. The van der Waals surface area contributed by atoms with Gasteiger partial charge < -0.3 is 25.2 Å². The molecule has 2 N–H and O–H groups in total. The van der Waals surface area contributed by atoms with Crippen LogP contribution in [0.25, 0.3) is 11.3 Å². The molecule has 1 aliphatic heterocycles. The van der Waals surface area contributed by atoms with Crippen molar-refractivity contribution in [3.05, 3.63) is 89.2 Å². The van der Waals surface area contributed by atoms with E-state index in [1.54, 1.807) is 17.9 Å². The first-order valence-electron chi connectivity index (χ1n) is 13.5. The summed E-state index contributed by atoms with van der Waals surface area (Å²) in [7, 11) is 5.35. The lowest BCUT2D eigenvalue weighted by atomic mass is 9.97. The topological polar surface area (TPSA) is 91.0 Å². The second kappa shape index (κ2) is 13.2. The number of hydrogen-bond acceptors (Lipinski definition) is 6. The molecule has 0 saturated carbocycles. The summed E-state index contributed by atoms with van der Waals surface area (Å²) in [4.78, 5) is 41.1. The molecule has 0 atom stereocenters. The third kappa shape index (κ3) is 7.37. The monoisotopic (exact) mass is 558 g/mol. The van der Waals surface area contributed by atoms with E-state index in [-0.39, 0.29) is 24.2 Å². The van der Waals surface area contributed by atoms with E-state index < -0.39 is 5.82 Å². The molecule has 214 valence electrons. The number of carbonyl (C=O) groups is 3. The standard InChI is InChI=1S/C32H35FN4O4/c1-21(38)37(18-6-17-36(2)3)26-13-11-25(12-14-26)34-31(23-8-5-7-22(19-23)9-16-29(39)41-4)30-27-15-10-24(33)20-28(27)35-32(30)40/h5,7-8,10-15,19-20,34H,6,9,16-18H2,1-4H3,(H,35,40). The molecule has 0 unspecified atom stereocenters. The van der Waals surface area contributed by atoms with Crippen LogP contribution in [-0.4, -0.2) is 57.0 Å². The highest BCUT2D eigenvalue weighted by molar-refractivity contribution is 6.37. The number of anilines is 3. The number of carbonyl (C=O) groups excluding carboxylic acids is 3. The number of ether oxygens (including phenoxy) is 1. The Morgan fingerprint density at radius 3 is 2.44 bits per heavy atom. The van der Waals surface area contributed by atoms with Crippen molar-refractivity contribution in [1.29, 1.82) is 0 Å². The molecule has 1 aliphatic rings. The number of fused-ring (bicyclic) bond motifs is 1. The van der Waals surface area contributed by atoms with Gasteiger partial charge in [0.05, 0.1) is 24.1 Å². The largest absolute Gasteiger partial charge is 0.469 e. The molecular weight excluding hydrogens is 523 g/mol. The summed E-state index contributed by atoms with van der Waals surface area (Å²) in [5.74, 6) is -1.14. The van der Waals surface area contributed by atoms with Crippen LogP contribution in [-0.2, 0) is 25.5 Å². The molecule has 0 radical (unpaired) electrons. The third-order valence-corrected chi connectivity index (χ3v) is 6.85. The Labute approximate surface area is 239 Å². The number of aryl methyl sites for hydroxylation is 1. The van der Waals surface area contributed by atoms with Gasteiger partial charge >= 0.3 is 5.97 Å². The quantitative estimate of drug-likeness (QED) is 0.249. The number of methoxy groups -OCH3 is 1. The number of amides is 2. The number of nitrogens with one attached hydrogen (secondary N) is 2. The molecule has 0 fully saturated rings. The Morgan fingerprint density at radius 1 is 1.00 bits per heavy atom. The summed E-state index contributed by atoms with van der Waals surface area (Å²) in [6.45, 7) is 3.02. The van der Waals surface area contributed by atoms with Gasteiger partial charge in [-0.3, -0.25) is 14.4 Å². The van der Waals surface area contributed by atoms with E-state index in [1.807, 2.05) is 62.6 Å². The zero-order valence-electron chi connectivity index (χ0n) is 23.8. The van der Waals surface area contributed by atoms with Gasteiger partial charge in [-0.25, -0.2) is 4.39 Å². The smallest absolute Gasteiger partial charge is 0.305 e. The fourth-order valence-electron chi connectivity index (χ4n) is 4.79. The Bertz CT molecular complexity index is 1470. The highest BCUT2D eigenvalue weighted by atomic mass is 19.1. The van der Waals surface area contributed by atoms with E-state index in [0.29, 0.717) is 41.2 Å². The van der Waals surface area contributed by atoms with Crippen LogP contribution in [0.15, 0.2) is 66.7 Å². The average Bonchev–Trinajstić information content (AvgIpc) is 3.27. The molecule has 4 rings (SSSR count). The van der Waals surface area contributed by atoms with Crippen LogP contribution < -0.4 is 15.5 Å². The zero-order chi connectivity index (χ0) is 29.5. The van der Waals surface area contributed by atoms with Crippen molar-refractivity contribution in [2.75, 3.05) is 49.8 Å². The average molecular weight is 559 g/mol. The number of halogens is 1. The molecule has 3 aromatic carbocycles. The molecule has 0 bridgehead atoms. The van der Waals surface area contributed by atoms with Crippen molar-refractivity contribution in [2.24, 2.45) is 0 Å². The first kappa shape index (κ1) is 29.5. The van der Waals surface area contributed by atoms with Crippen molar-refractivity contribution in [3.8, 4) is 0 Å². The van der Waals surface area contributed by atoms with Crippen LogP contribution >= 0.6 is 0 Å². The lowest BCUT2D eigenvalue weighted by Gasteiger charge is -2.23. The first-order valence-corrected chi connectivity index (χ1v) is 13.5. The normalized spacial score (nSPS) is 13.5. The second-order valence-electron chi connectivity index (χ2n) is 10.2. The fraction of sp³-hybridized carbons (Fsp3) is 0.281. The van der Waals surface area contributed by atoms with Gasteiger partial charge in [0.15, 0.2) is 0 Å². The zero-order valence-corrected chi connectivity index (χ0v) is 23.8. The minimum Gasteiger partial charge on any atom is -0.469 e. The van der Waals surface area contributed by atoms with Gasteiger partial charge in [-0.05, 0) is 93.1 Å². The van der Waals surface area contributed by atoms with Crippen molar-refractivity contribution in [2.45, 2.75) is 26.2 Å². The van der Waals surface area contributed by atoms with Crippen LogP contribution in [0.3, 0.4) is 0 Å². The van der Waals surface area contributed by atoms with Gasteiger partial charge in [-0.15, -0.1) is 0 Å². The molecule has 3 aromatic rings. The van der Waals surface area contributed by atoms with Gasteiger partial charge in [0.1, 0.15) is 5.82 Å². The van der Waals surface area contributed by atoms with E-state index in [0.717, 1.165) is 29.8 Å². The Kier molecular flexibility index (Phi) is 9.52. The van der Waals surface area contributed by atoms with E-state index in [2.05, 4.69) is 15.5 Å². The number of benzene rings is 3. The summed E-state index contributed by atoms with van der Waals surface area (Å²) in [5.41, 5.74) is 5.01. The molecule has 1 heterocycles. The van der Waals surface area contributed by atoms with E-state index in [4.69, 9.17) is 4.74 Å². The van der Waals surface area contributed by atoms with Crippen molar-refractivity contribution in [1.82, 2.24) is 4.90 Å². The molecule has 8 nitrogen and oxygen atoms in total. The summed E-state index contributed by atoms with van der Waals surface area (Å²) < 4.78 is 18.7. The van der Waals surface area contributed by atoms with Crippen molar-refractivity contribution >= 4 is 46.1 Å². The highest BCUT2D eigenvalue weighted by Gasteiger charge is 2.29. The fourth-order valence-corrected chi connectivity index (χ4v) is 4.79. The lowest BCUT2D eigenvalue weighted by molar-refractivity contribution is -0.140. The van der Waals surface area contributed by atoms with Gasteiger partial charge in [0, 0.05) is 36.8 Å². The van der Waals surface area contributed by atoms with E-state index >= 15 is 0 Å². The molecule has 0 aromatic heterocycles. The third-order valence-electron chi connectivity index (χ3n) is 6.85. The predicted octanol–water partition coefficient (Wildman–Crippen LogP) is 5.17. The summed E-state index contributed by atoms with van der Waals surface area (Å²) in [6.07, 6.45) is 1.54. The van der Waals surface area contributed by atoms with E-state index in [1.165, 1.54) is 19.2 Å². The van der Waals surface area contributed by atoms with Crippen LogP contribution in [0.2, 0.25) is 0 Å². The summed E-state index contributed by atoms with van der Waals surface area (Å²) in [5, 5.41) is 6.17. The maximum Gasteiger partial charge on any atom is 0.305 e. The molecule has 41 heavy (non-hydrogen) atoms. The first-order chi connectivity index (χ1) is 19.7. The highest BCUT2D eigenvalue weighted by Crippen LogP contribution is 2.38. The molecule has 9 heteroatoms. The maximum absolute atomic E-state index is 13.9. The summed E-state index contributed by atoms with van der Waals surface area (Å²) in [6, 6.07) is 19.2. The van der Waals surface area contributed by atoms with Crippen LogP contribution in [0.1, 0.15) is 36.5 Å². The second-order valence-corrected chi connectivity index (χ2v) is 10.2. The van der Waals surface area contributed by atoms with Crippen molar-refractivity contribution in [3.63, 3.8) is 0 Å². The van der Waals surface area contributed by atoms with Crippen LogP contribution in [0.5, 0.6) is 0 Å². The van der Waals surface area contributed by atoms with Gasteiger partial charge in [-0.2, -0.15) is 0 Å². The maximum atomic E-state index is 13.9. The SMILES string of the molecule is COC(=O)CCc1cccc(C(Nc2ccc(N(CCCN(C)C)C(C)=O)cc2)=C2C(=O)Nc3cc(F)ccc32)c1. The van der Waals surface area contributed by atoms with Gasteiger partial charge in [0.25, 0.3) is 5.91 Å². The molecule has 2 amide bonds. The van der Waals surface area contributed by atoms with Gasteiger partial charge in [-0.1, -0.05) is 18.2 Å². The number of hydrogen-bond donors (Lipinski definition) is 2. The molecule has 0 aliphatic carbocycles. The van der Waals surface area contributed by atoms with Gasteiger partial charge in [0.2, 0.25) is 5.91 Å². The number of rotatable bonds is 11. The summed E-state index contributed by atoms with van der Waals surface area (Å²) >= 11 is 0. The lowest BCUT2D eigenvalue weighted by Crippen LogP contribution is -2.31. The van der Waals surface area contributed by atoms with E-state index in [9.17, 15) is 18.8 Å². The van der Waals surface area contributed by atoms with Crippen molar-refractivity contribution < 1.29 is 23.5 Å². The van der Waals surface area contributed by atoms with Crippen LogP contribution in [0.4, 0.5) is 21.5 Å². The number of esters is 1. The molecule has 0 spiro atoms. The predicted molar refractivity (Wildman–Crippen MR) is 160 cm³/mol. The minimum absolute atomic E-state index is 0.0393. The Hall–Kier alpha value is -4.50. The Balaban J connectivity index is 1.70. The van der Waals surface area contributed by atoms with Crippen LogP contribution in [0, 0.1) is 5.82 Å². The minimum atomic E-state index is -0.444. The number of nitrogens with zero attached hydrogens (tertiary/aromatic N) is 2. The molecule has 0 saturated heterocycles.